The van der Waals surface area contributed by atoms with Crippen molar-refractivity contribution in [3.63, 3.8) is 0 Å². The summed E-state index contributed by atoms with van der Waals surface area (Å²) in [5.74, 6) is -2.80. The predicted molar refractivity (Wildman–Crippen MR) is 134 cm³/mol. The monoisotopic (exact) mass is 495 g/mol. The molecule has 180 valence electrons. The molecule has 0 aliphatic rings. The summed E-state index contributed by atoms with van der Waals surface area (Å²) in [5, 5.41) is 21.0. The molecule has 0 bridgehead atoms. The van der Waals surface area contributed by atoms with E-state index >= 15 is 0 Å². The van der Waals surface area contributed by atoms with E-state index in [4.69, 9.17) is 5.26 Å². The van der Waals surface area contributed by atoms with Gasteiger partial charge in [0.1, 0.15) is 17.6 Å². The molecule has 0 saturated carbocycles. The van der Waals surface area contributed by atoms with Gasteiger partial charge in [0.15, 0.2) is 0 Å². The van der Waals surface area contributed by atoms with Crippen molar-refractivity contribution in [2.45, 2.75) is 33.6 Å². The first-order valence-corrected chi connectivity index (χ1v) is 10.00. The van der Waals surface area contributed by atoms with E-state index < -0.39 is 23.3 Å². The number of hydrogen-bond acceptors (Lipinski definition) is 5. The van der Waals surface area contributed by atoms with Gasteiger partial charge in [-0.25, -0.2) is 4.39 Å². The number of benzene rings is 1. The second-order valence-electron chi connectivity index (χ2n) is 7.63. The number of anilines is 1. The van der Waals surface area contributed by atoms with Crippen LogP contribution in [0.4, 0.5) is 10.1 Å². The Bertz CT molecular complexity index is 1060. The molecule has 2 atom stereocenters. The average Bonchev–Trinajstić information content (AvgIpc) is 3.06. The molecule has 7 nitrogen and oxygen atoms in total. The average molecular weight is 496 g/mol. The molecule has 33 heavy (non-hydrogen) atoms. The van der Waals surface area contributed by atoms with Gasteiger partial charge in [-0.15, -0.1) is 0 Å². The van der Waals surface area contributed by atoms with Gasteiger partial charge in [0.05, 0.1) is 5.56 Å². The maximum Gasteiger partial charge on any atom is 0.272 e. The van der Waals surface area contributed by atoms with Crippen molar-refractivity contribution in [1.29, 1.82) is 5.26 Å². The van der Waals surface area contributed by atoms with E-state index in [1.165, 1.54) is 22.8 Å². The molecule has 0 aliphatic carbocycles. The Morgan fingerprint density at radius 1 is 1.24 bits per heavy atom. The van der Waals surface area contributed by atoms with Crippen LogP contribution in [0.3, 0.4) is 0 Å². The second kappa shape index (κ2) is 13.2. The number of aliphatic hydroxyl groups is 1. The van der Waals surface area contributed by atoms with E-state index in [0.29, 0.717) is 5.69 Å². The third-order valence-electron chi connectivity index (χ3n) is 5.74. The molecule has 1 aromatic carbocycles. The Balaban J connectivity index is 0.00000512. The molecule has 0 radical (unpaired) electrons. The summed E-state index contributed by atoms with van der Waals surface area (Å²) in [6, 6.07) is 6.66. The molecule has 1 amide bonds. The van der Waals surface area contributed by atoms with Crippen molar-refractivity contribution < 1.29 is 23.9 Å². The molecule has 1 heterocycles. The highest BCUT2D eigenvalue weighted by Gasteiger charge is 2.27. The largest absolute Gasteiger partial charge is 0.396 e. The highest BCUT2D eigenvalue weighted by Crippen LogP contribution is 2.22. The Hall–Kier alpha value is -2.61. The fraction of sp³-hybridized carbons (Fsp3) is 0.391. The molecule has 0 spiro atoms. The second-order valence-corrected chi connectivity index (χ2v) is 7.63. The first-order valence-electron chi connectivity index (χ1n) is 10.00. The van der Waals surface area contributed by atoms with Crippen molar-refractivity contribution in [3.8, 4) is 6.07 Å². The number of aliphatic hydroxyl groups excluding tert-OH is 1. The highest BCUT2D eigenvalue weighted by atomic mass is 32.1. The number of carbonyl (C=O) groups excluding carboxylic acids is 3. The van der Waals surface area contributed by atoms with E-state index in [2.05, 4.69) is 5.32 Å². The minimum atomic E-state index is -0.706. The fourth-order valence-electron chi connectivity index (χ4n) is 3.29. The standard InChI is InChI=1S/C23H26FN3O4.2H2S/c1-5-13(2)16(12-28)9-21(29)22(30)18-10-20(27(4)14(18)3)23(31)26-17-6-7-19(24)15(8-17)11-25;;/h6-8,10,13,16,28H,5,9,12H2,1-4H3,(H,26,31);2*1H2/t13-,16+;;/m0../s1. The van der Waals surface area contributed by atoms with Gasteiger partial charge in [0.2, 0.25) is 11.6 Å². The number of halogens is 1. The van der Waals surface area contributed by atoms with Crippen molar-refractivity contribution in [1.82, 2.24) is 4.57 Å². The number of nitrogens with one attached hydrogen (secondary N) is 1. The van der Waals surface area contributed by atoms with Crippen LogP contribution in [-0.2, 0) is 11.8 Å². The Labute approximate surface area is 206 Å². The Kier molecular flexibility index (Phi) is 12.1. The number of ketones is 2. The first kappa shape index (κ1) is 30.4. The van der Waals surface area contributed by atoms with E-state index in [0.717, 1.165) is 12.5 Å². The molecule has 10 heteroatoms. The molecule has 2 rings (SSSR count). The Morgan fingerprint density at radius 2 is 1.88 bits per heavy atom. The molecule has 0 saturated heterocycles. The summed E-state index contributed by atoms with van der Waals surface area (Å²) in [6.07, 6.45) is 0.713. The number of Topliss-reactive ketones (excluding diaryl/α,β-unsaturated/α-hetero) is 2. The number of nitrogens with zero attached hydrogens (tertiary/aromatic N) is 2. The van der Waals surface area contributed by atoms with Crippen LogP contribution in [0, 0.1) is 35.9 Å². The van der Waals surface area contributed by atoms with E-state index in [1.807, 2.05) is 13.8 Å². The summed E-state index contributed by atoms with van der Waals surface area (Å²) in [7, 11) is 1.59. The maximum absolute atomic E-state index is 13.5. The predicted octanol–water partition coefficient (Wildman–Crippen LogP) is 3.62. The minimum absolute atomic E-state index is 0. The van der Waals surface area contributed by atoms with Crippen LogP contribution in [0.5, 0.6) is 0 Å². The Morgan fingerprint density at radius 3 is 2.42 bits per heavy atom. The zero-order chi connectivity index (χ0) is 23.3. The highest BCUT2D eigenvalue weighted by molar-refractivity contribution is 7.59. The van der Waals surface area contributed by atoms with Crippen LogP contribution in [0.2, 0.25) is 0 Å². The van der Waals surface area contributed by atoms with Crippen molar-refractivity contribution in [3.05, 3.63) is 52.6 Å². The van der Waals surface area contributed by atoms with Gasteiger partial charge in [-0.1, -0.05) is 20.3 Å². The molecule has 1 aromatic heterocycles. The first-order chi connectivity index (χ1) is 14.6. The molecule has 2 N–H and O–H groups in total. The quantitative estimate of drug-likeness (QED) is 0.408. The zero-order valence-electron chi connectivity index (χ0n) is 19.0. The summed E-state index contributed by atoms with van der Waals surface area (Å²) < 4.78 is 15.0. The van der Waals surface area contributed by atoms with Gasteiger partial charge < -0.3 is 15.0 Å². The van der Waals surface area contributed by atoms with Gasteiger partial charge in [0, 0.05) is 37.0 Å². The summed E-state index contributed by atoms with van der Waals surface area (Å²) in [5.41, 5.74) is 0.726. The topological polar surface area (TPSA) is 112 Å². The number of aromatic nitrogens is 1. The molecule has 0 aliphatic heterocycles. The van der Waals surface area contributed by atoms with Crippen molar-refractivity contribution >= 4 is 50.2 Å². The molecule has 2 aromatic rings. The van der Waals surface area contributed by atoms with Crippen molar-refractivity contribution in [2.24, 2.45) is 18.9 Å². The maximum atomic E-state index is 13.5. The summed E-state index contributed by atoms with van der Waals surface area (Å²) in [4.78, 5) is 38.0. The number of amides is 1. The van der Waals surface area contributed by atoms with E-state index in [9.17, 15) is 23.9 Å². The van der Waals surface area contributed by atoms with Crippen molar-refractivity contribution in [2.75, 3.05) is 11.9 Å². The number of nitriles is 1. The summed E-state index contributed by atoms with van der Waals surface area (Å²) >= 11 is 0. The van der Waals surface area contributed by atoms with E-state index in [1.54, 1.807) is 20.0 Å². The lowest BCUT2D eigenvalue weighted by molar-refractivity contribution is -0.116. The van der Waals surface area contributed by atoms with Crippen LogP contribution in [0.15, 0.2) is 24.3 Å². The molecular weight excluding hydrogens is 465 g/mol. The third-order valence-corrected chi connectivity index (χ3v) is 5.74. The van der Waals surface area contributed by atoms with Crippen LogP contribution < -0.4 is 5.32 Å². The number of rotatable bonds is 9. The lowest BCUT2D eigenvalue weighted by Crippen LogP contribution is -2.24. The van der Waals surface area contributed by atoms with Crippen LogP contribution >= 0.6 is 27.0 Å². The molecular formula is C23H30FN3O4S2. The zero-order valence-corrected chi connectivity index (χ0v) is 21.0. The molecule has 0 unspecified atom stereocenters. The van der Waals surface area contributed by atoms with Gasteiger partial charge >= 0.3 is 0 Å². The van der Waals surface area contributed by atoms with Crippen LogP contribution in [0.25, 0.3) is 0 Å². The van der Waals surface area contributed by atoms with E-state index in [-0.39, 0.29) is 74.4 Å². The van der Waals surface area contributed by atoms with Gasteiger partial charge in [-0.2, -0.15) is 32.3 Å². The lowest BCUT2D eigenvalue weighted by Gasteiger charge is -2.19. The van der Waals surface area contributed by atoms with Gasteiger partial charge in [-0.05, 0) is 43.0 Å². The number of carbonyl (C=O) groups is 3. The van der Waals surface area contributed by atoms with Crippen LogP contribution in [0.1, 0.15) is 58.8 Å². The normalized spacial score (nSPS) is 11.9. The fourth-order valence-corrected chi connectivity index (χ4v) is 3.29. The van der Waals surface area contributed by atoms with Gasteiger partial charge in [0.25, 0.3) is 5.91 Å². The smallest absolute Gasteiger partial charge is 0.272 e. The third kappa shape index (κ3) is 6.93. The van der Waals surface area contributed by atoms with Crippen LogP contribution in [-0.4, -0.2) is 33.8 Å². The lowest BCUT2D eigenvalue weighted by atomic mass is 9.87. The molecule has 0 fully saturated rings. The summed E-state index contributed by atoms with van der Waals surface area (Å²) in [6.45, 7) is 5.31. The SMILES string of the molecule is CC[C@H](C)[C@@H](CO)CC(=O)C(=O)c1cc(C(=O)Nc2ccc(F)c(C#N)c2)n(C)c1C.S.S. The number of hydrogen-bond donors (Lipinski definition) is 2. The van der Waals surface area contributed by atoms with Gasteiger partial charge in [-0.3, -0.25) is 14.4 Å². The minimum Gasteiger partial charge on any atom is -0.396 e.